The molecule has 0 aromatic carbocycles. The van der Waals surface area contributed by atoms with Crippen molar-refractivity contribution in [2.75, 3.05) is 13.2 Å². The van der Waals surface area contributed by atoms with Crippen molar-refractivity contribution in [1.82, 2.24) is 0 Å². The molecule has 0 aliphatic carbocycles. The second-order valence-corrected chi connectivity index (χ2v) is 4.05. The van der Waals surface area contributed by atoms with Crippen LogP contribution in [0, 0.1) is 5.41 Å². The molecular weight excluding hydrogens is 297 g/mol. The van der Waals surface area contributed by atoms with E-state index in [0.717, 1.165) is 13.8 Å². The van der Waals surface area contributed by atoms with Gasteiger partial charge < -0.3 is 15.0 Å². The highest BCUT2D eigenvalue weighted by molar-refractivity contribution is 6.46. The average Bonchev–Trinajstić information content (AvgIpc) is 2.41. The summed E-state index contributed by atoms with van der Waals surface area (Å²) in [6.07, 6.45) is -4.83. The van der Waals surface area contributed by atoms with Crippen LogP contribution in [-0.4, -0.2) is 47.6 Å². The molecule has 0 bridgehead atoms. The SMILES string of the molecule is CCOC(=O)C(C)(C(=O)OCC(F)(F)F)C(=O)C(C)=[N+]=[N-]. The Bertz CT molecular complexity index is 497. The number of carbonyl (C=O) groups is 3. The Hall–Kier alpha value is -2.22. The van der Waals surface area contributed by atoms with E-state index in [1.807, 2.05) is 0 Å². The first kappa shape index (κ1) is 18.8. The Morgan fingerprint density at radius 2 is 1.62 bits per heavy atom. The zero-order valence-corrected chi connectivity index (χ0v) is 11.5. The van der Waals surface area contributed by atoms with Gasteiger partial charge in [0.25, 0.3) is 5.78 Å². The topological polar surface area (TPSA) is 106 Å². The fourth-order valence-corrected chi connectivity index (χ4v) is 1.24. The quantitative estimate of drug-likeness (QED) is 0.238. The molecule has 10 heteroatoms. The van der Waals surface area contributed by atoms with Crippen molar-refractivity contribution in [3.63, 3.8) is 0 Å². The van der Waals surface area contributed by atoms with Gasteiger partial charge in [0.15, 0.2) is 6.61 Å². The molecule has 21 heavy (non-hydrogen) atoms. The highest BCUT2D eigenvalue weighted by atomic mass is 19.4. The molecule has 0 saturated carbocycles. The lowest BCUT2D eigenvalue weighted by atomic mass is 9.83. The molecule has 0 aliphatic rings. The van der Waals surface area contributed by atoms with Crippen molar-refractivity contribution in [1.29, 1.82) is 0 Å². The molecular formula is C11H13F3N2O5. The minimum Gasteiger partial charge on any atom is -0.465 e. The molecule has 0 fully saturated rings. The van der Waals surface area contributed by atoms with Crippen LogP contribution in [0.3, 0.4) is 0 Å². The number of nitrogens with zero attached hydrogens (tertiary/aromatic N) is 2. The average molecular weight is 310 g/mol. The van der Waals surface area contributed by atoms with Gasteiger partial charge in [0.2, 0.25) is 5.41 Å². The maximum atomic E-state index is 12.0. The number of alkyl halides is 3. The Morgan fingerprint density at radius 1 is 1.14 bits per heavy atom. The van der Waals surface area contributed by atoms with Crippen molar-refractivity contribution in [2.45, 2.75) is 26.9 Å². The molecule has 0 aromatic heterocycles. The third kappa shape index (κ3) is 4.67. The van der Waals surface area contributed by atoms with E-state index in [0.29, 0.717) is 0 Å². The van der Waals surface area contributed by atoms with Gasteiger partial charge in [-0.15, -0.1) is 0 Å². The Labute approximate surface area is 117 Å². The molecule has 0 saturated heterocycles. The Balaban J connectivity index is 5.51. The van der Waals surface area contributed by atoms with Crippen LogP contribution < -0.4 is 0 Å². The summed E-state index contributed by atoms with van der Waals surface area (Å²) in [4.78, 5) is 37.9. The maximum Gasteiger partial charge on any atom is 0.422 e. The number of hydrogen-bond acceptors (Lipinski definition) is 5. The monoisotopic (exact) mass is 310 g/mol. The molecule has 0 radical (unpaired) electrons. The number of hydrogen-bond donors (Lipinski definition) is 0. The van der Waals surface area contributed by atoms with Crippen LogP contribution >= 0.6 is 0 Å². The summed E-state index contributed by atoms with van der Waals surface area (Å²) in [5, 5.41) is 0. The molecule has 0 rings (SSSR count). The molecule has 7 nitrogen and oxygen atoms in total. The number of rotatable bonds is 6. The number of ketones is 1. The van der Waals surface area contributed by atoms with Gasteiger partial charge in [0.1, 0.15) is 0 Å². The summed E-state index contributed by atoms with van der Waals surface area (Å²) in [6.45, 7) is 0.890. The van der Waals surface area contributed by atoms with E-state index in [1.54, 1.807) is 0 Å². The third-order valence-electron chi connectivity index (χ3n) is 2.39. The van der Waals surface area contributed by atoms with Gasteiger partial charge in [-0.2, -0.15) is 18.0 Å². The van der Waals surface area contributed by atoms with E-state index in [9.17, 15) is 27.6 Å². The largest absolute Gasteiger partial charge is 0.465 e. The van der Waals surface area contributed by atoms with Gasteiger partial charge in [-0.25, -0.2) is 0 Å². The van der Waals surface area contributed by atoms with Crippen LogP contribution in [0.4, 0.5) is 13.2 Å². The van der Waals surface area contributed by atoms with Crippen molar-refractivity contribution in [2.24, 2.45) is 5.41 Å². The van der Waals surface area contributed by atoms with Crippen molar-refractivity contribution in [3.8, 4) is 0 Å². The molecule has 1 unspecified atom stereocenters. The van der Waals surface area contributed by atoms with E-state index in [2.05, 4.69) is 14.3 Å². The van der Waals surface area contributed by atoms with Crippen LogP contribution in [0.1, 0.15) is 20.8 Å². The van der Waals surface area contributed by atoms with Crippen molar-refractivity contribution in [3.05, 3.63) is 5.53 Å². The van der Waals surface area contributed by atoms with E-state index < -0.39 is 41.6 Å². The number of ether oxygens (including phenoxy) is 2. The lowest BCUT2D eigenvalue weighted by Crippen LogP contribution is -2.49. The normalized spacial score (nSPS) is 13.6. The van der Waals surface area contributed by atoms with Crippen LogP contribution in [0.2, 0.25) is 0 Å². The predicted molar refractivity (Wildman–Crippen MR) is 61.1 cm³/mol. The van der Waals surface area contributed by atoms with Crippen LogP contribution in [0.5, 0.6) is 0 Å². The highest BCUT2D eigenvalue weighted by Gasteiger charge is 2.55. The van der Waals surface area contributed by atoms with Crippen LogP contribution in [-0.2, 0) is 23.9 Å². The van der Waals surface area contributed by atoms with Crippen LogP contribution in [0.15, 0.2) is 0 Å². The summed E-state index contributed by atoms with van der Waals surface area (Å²) < 4.78 is 44.5. The summed E-state index contributed by atoms with van der Waals surface area (Å²) >= 11 is 0. The Kier molecular flexibility index (Phi) is 6.24. The van der Waals surface area contributed by atoms with E-state index in [-0.39, 0.29) is 6.61 Å². The maximum absolute atomic E-state index is 12.0. The zero-order valence-electron chi connectivity index (χ0n) is 11.5. The van der Waals surface area contributed by atoms with Gasteiger partial charge >= 0.3 is 23.8 Å². The second kappa shape index (κ2) is 6.98. The molecule has 0 N–H and O–H groups in total. The molecule has 0 spiro atoms. The summed E-state index contributed by atoms with van der Waals surface area (Å²) in [5.41, 5.74) is 5.16. The highest BCUT2D eigenvalue weighted by Crippen LogP contribution is 2.25. The van der Waals surface area contributed by atoms with Crippen molar-refractivity contribution < 1.29 is 41.8 Å². The smallest absolute Gasteiger partial charge is 0.422 e. The minimum absolute atomic E-state index is 0.219. The molecule has 1 atom stereocenters. The molecule has 0 aromatic rings. The minimum atomic E-state index is -4.83. The summed E-state index contributed by atoms with van der Waals surface area (Å²) in [7, 11) is 0. The number of carbonyl (C=O) groups excluding carboxylic acids is 3. The van der Waals surface area contributed by atoms with E-state index >= 15 is 0 Å². The summed E-state index contributed by atoms with van der Waals surface area (Å²) in [5.74, 6) is -4.47. The number of halogens is 3. The molecule has 0 aliphatic heterocycles. The van der Waals surface area contributed by atoms with E-state index in [4.69, 9.17) is 5.53 Å². The Morgan fingerprint density at radius 3 is 2.00 bits per heavy atom. The second-order valence-electron chi connectivity index (χ2n) is 4.05. The van der Waals surface area contributed by atoms with E-state index in [1.165, 1.54) is 6.92 Å². The third-order valence-corrected chi connectivity index (χ3v) is 2.39. The first-order valence-corrected chi connectivity index (χ1v) is 5.65. The van der Waals surface area contributed by atoms with Gasteiger partial charge in [0.05, 0.1) is 6.61 Å². The van der Waals surface area contributed by atoms with Gasteiger partial charge in [-0.3, -0.25) is 14.4 Å². The first-order valence-electron chi connectivity index (χ1n) is 5.65. The first-order chi connectivity index (χ1) is 9.50. The van der Waals surface area contributed by atoms with Gasteiger partial charge in [-0.1, -0.05) is 0 Å². The molecule has 0 heterocycles. The fourth-order valence-electron chi connectivity index (χ4n) is 1.24. The lowest BCUT2D eigenvalue weighted by Gasteiger charge is -2.22. The number of esters is 2. The van der Waals surface area contributed by atoms with Crippen LogP contribution in [0.25, 0.3) is 5.53 Å². The predicted octanol–water partition coefficient (Wildman–Crippen LogP) is 0.921. The van der Waals surface area contributed by atoms with Gasteiger partial charge in [0, 0.05) is 6.92 Å². The summed E-state index contributed by atoms with van der Waals surface area (Å²) in [6, 6.07) is 0. The van der Waals surface area contributed by atoms with Gasteiger partial charge in [-0.05, 0) is 13.8 Å². The zero-order chi connectivity index (χ0) is 16.8. The molecule has 0 amide bonds. The number of Topliss-reactive ketones (excluding diaryl/α,β-unsaturated/α-hetero) is 1. The lowest BCUT2D eigenvalue weighted by molar-refractivity contribution is -0.196. The van der Waals surface area contributed by atoms with Crippen molar-refractivity contribution >= 4 is 23.4 Å². The standard InChI is InChI=1S/C11H13F3N2O5/c1-4-20-8(18)10(3,7(17)6(2)16-15)9(19)21-5-11(12,13)14/h4-5H2,1-3H3. The molecule has 118 valence electrons. The fraction of sp³-hybridized carbons (Fsp3) is 0.636.